The zero-order chi connectivity index (χ0) is 10.8. The first-order valence-electron chi connectivity index (χ1n) is 6.38. The molecule has 0 aromatic carbocycles. The van der Waals surface area contributed by atoms with Gasteiger partial charge in [0.2, 0.25) is 0 Å². The number of piperidine rings is 1. The van der Waals surface area contributed by atoms with Gasteiger partial charge in [-0.1, -0.05) is 46.5 Å². The molecule has 0 bridgehead atoms. The molecular weight excluding hydrogens is 209 g/mol. The Hall–Kier alpha value is 1.60. The maximum absolute atomic E-state index is 3.96. The molecule has 0 unspecified atom stereocenters. The molecule has 0 radical (unpaired) electrons. The van der Waals surface area contributed by atoms with Crippen molar-refractivity contribution in [2.24, 2.45) is 5.92 Å². The molecule has 1 fully saturated rings. The quantitative estimate of drug-likeness (QED) is 0.402. The third-order valence-corrected chi connectivity index (χ3v) is 2.92. The normalized spacial score (nSPS) is 17.6. The summed E-state index contributed by atoms with van der Waals surface area (Å²) in [6.07, 6.45) is 8.44. The van der Waals surface area contributed by atoms with Crippen LogP contribution in [-0.4, -0.2) is 18.0 Å². The van der Waals surface area contributed by atoms with E-state index in [0.29, 0.717) is 0 Å². The van der Waals surface area contributed by atoms with Gasteiger partial charge in [0.1, 0.15) is 0 Å². The monoisotopic (exact) mass is 237 g/mol. The Kier molecular flexibility index (Phi) is 17.3. The van der Waals surface area contributed by atoms with Gasteiger partial charge in [0, 0.05) is 0 Å². The second kappa shape index (κ2) is 13.7. The molecule has 0 spiro atoms. The largest absolute Gasteiger partial charge is 1.00 e. The number of nitrogens with zero attached hydrogens (tertiary/aromatic N) is 1. The summed E-state index contributed by atoms with van der Waals surface area (Å²) in [5.41, 5.74) is 0. The van der Waals surface area contributed by atoms with E-state index >= 15 is 0 Å². The molecule has 86 valence electrons. The number of likely N-dealkylation sites (tertiary alicyclic amines) is 1. The molecule has 0 saturated carbocycles. The predicted octanol–water partition coefficient (Wildman–Crippen LogP) is 1.10. The van der Waals surface area contributed by atoms with E-state index < -0.39 is 0 Å². The summed E-state index contributed by atoms with van der Waals surface area (Å²) >= 11 is 0. The van der Waals surface area contributed by atoms with Gasteiger partial charge in [-0.2, -0.15) is 0 Å². The average molecular weight is 237 g/mol. The summed E-state index contributed by atoms with van der Waals surface area (Å²) in [6, 6.07) is 0. The van der Waals surface area contributed by atoms with Gasteiger partial charge in [-0.25, -0.2) is 0 Å². The molecule has 1 heterocycles. The van der Waals surface area contributed by atoms with Crippen molar-refractivity contribution in [3.05, 3.63) is 7.05 Å². The van der Waals surface area contributed by atoms with Gasteiger partial charge in [0.05, 0.1) is 0 Å². The Labute approximate surface area is 140 Å². The van der Waals surface area contributed by atoms with E-state index in [9.17, 15) is 0 Å². The van der Waals surface area contributed by atoms with Crippen LogP contribution in [0.2, 0.25) is 0 Å². The van der Waals surface area contributed by atoms with E-state index in [2.05, 4.69) is 18.9 Å². The van der Waals surface area contributed by atoms with Crippen LogP contribution in [0.15, 0.2) is 0 Å². The van der Waals surface area contributed by atoms with E-state index in [4.69, 9.17) is 0 Å². The minimum Gasteiger partial charge on any atom is -0.459 e. The van der Waals surface area contributed by atoms with Crippen molar-refractivity contribution in [3.8, 4) is 0 Å². The molecule has 1 aliphatic rings. The minimum atomic E-state index is 0. The van der Waals surface area contributed by atoms with Crippen LogP contribution in [-0.2, 0) is 0 Å². The van der Waals surface area contributed by atoms with Gasteiger partial charge in [0.15, 0.2) is 0 Å². The topological polar surface area (TPSA) is 3.24 Å². The maximum Gasteiger partial charge on any atom is 1.00 e. The number of hydrogen-bond donors (Lipinski definition) is 0. The van der Waals surface area contributed by atoms with Crippen LogP contribution in [0.5, 0.6) is 0 Å². The number of unbranched alkanes of at least 4 members (excludes halogenated alkanes) is 2. The number of hydrogen-bond acceptors (Lipinski definition) is 1. The first-order valence-corrected chi connectivity index (χ1v) is 6.38. The van der Waals surface area contributed by atoms with Crippen molar-refractivity contribution in [1.29, 1.82) is 0 Å². The maximum atomic E-state index is 3.96. The summed E-state index contributed by atoms with van der Waals surface area (Å²) < 4.78 is 0. The van der Waals surface area contributed by atoms with Gasteiger partial charge in [0.25, 0.3) is 0 Å². The van der Waals surface area contributed by atoms with Crippen LogP contribution in [0.1, 0.15) is 59.3 Å². The van der Waals surface area contributed by atoms with Gasteiger partial charge >= 0.3 is 51.4 Å². The zero-order valence-corrected chi connectivity index (χ0v) is 14.5. The fourth-order valence-electron chi connectivity index (χ4n) is 1.96. The minimum absolute atomic E-state index is 0. The van der Waals surface area contributed by atoms with Crippen molar-refractivity contribution in [3.63, 3.8) is 0 Å². The van der Waals surface area contributed by atoms with Gasteiger partial charge in [-0.3, -0.25) is 7.05 Å². The standard InChI is InChI=1S/C11H22N.C2H6.K/c1-3-4-5-6-11-7-9-12(2)10-8-11;1-2;/h11H,2-10H2,1H3;1-2H3;/q-1;;+1. The van der Waals surface area contributed by atoms with Crippen LogP contribution in [0.25, 0.3) is 0 Å². The molecule has 1 aliphatic heterocycles. The predicted molar refractivity (Wildman–Crippen MR) is 65.1 cm³/mol. The molecule has 0 aromatic heterocycles. The van der Waals surface area contributed by atoms with Crippen LogP contribution < -0.4 is 51.4 Å². The van der Waals surface area contributed by atoms with Crippen LogP contribution in [0, 0.1) is 13.0 Å². The fraction of sp³-hybridized carbons (Fsp3) is 0.923. The molecule has 1 saturated heterocycles. The Bertz CT molecular complexity index is 109. The van der Waals surface area contributed by atoms with Crippen molar-refractivity contribution in [2.45, 2.75) is 59.3 Å². The fourth-order valence-corrected chi connectivity index (χ4v) is 1.96. The van der Waals surface area contributed by atoms with Crippen molar-refractivity contribution in [1.82, 2.24) is 4.90 Å². The molecule has 2 heteroatoms. The first kappa shape index (κ1) is 18.9. The van der Waals surface area contributed by atoms with Crippen LogP contribution in [0.3, 0.4) is 0 Å². The van der Waals surface area contributed by atoms with Gasteiger partial charge in [-0.15, -0.1) is 0 Å². The first-order chi connectivity index (χ1) is 6.83. The molecule has 0 aromatic rings. The molecule has 1 rings (SSSR count). The molecule has 15 heavy (non-hydrogen) atoms. The Balaban J connectivity index is 0. The third-order valence-electron chi connectivity index (χ3n) is 2.92. The van der Waals surface area contributed by atoms with E-state index in [1.165, 1.54) is 51.6 Å². The molecule has 0 N–H and O–H groups in total. The molecule has 0 aliphatic carbocycles. The number of rotatable bonds is 4. The Morgan fingerprint density at radius 2 is 1.67 bits per heavy atom. The van der Waals surface area contributed by atoms with Crippen LogP contribution in [0.4, 0.5) is 0 Å². The molecule has 1 nitrogen and oxygen atoms in total. The van der Waals surface area contributed by atoms with E-state index in [1.54, 1.807) is 0 Å². The third kappa shape index (κ3) is 10.5. The average Bonchev–Trinajstić information content (AvgIpc) is 2.24. The molecule has 0 atom stereocenters. The van der Waals surface area contributed by atoms with E-state index in [-0.39, 0.29) is 51.4 Å². The SMILES string of the molecule is CC.[CH2-]N1CCC(CCCCC)CC1.[K+]. The summed E-state index contributed by atoms with van der Waals surface area (Å²) in [4.78, 5) is 2.20. The molecule has 0 amide bonds. The van der Waals surface area contributed by atoms with Gasteiger partial charge < -0.3 is 4.90 Å². The van der Waals surface area contributed by atoms with E-state index in [1.807, 2.05) is 13.8 Å². The van der Waals surface area contributed by atoms with Crippen molar-refractivity contribution >= 4 is 0 Å². The Morgan fingerprint density at radius 1 is 1.13 bits per heavy atom. The van der Waals surface area contributed by atoms with Crippen LogP contribution >= 0.6 is 0 Å². The van der Waals surface area contributed by atoms with Crippen molar-refractivity contribution < 1.29 is 51.4 Å². The van der Waals surface area contributed by atoms with Crippen molar-refractivity contribution in [2.75, 3.05) is 13.1 Å². The van der Waals surface area contributed by atoms with Gasteiger partial charge in [-0.05, 0) is 31.8 Å². The summed E-state index contributed by atoms with van der Waals surface area (Å²) in [5, 5.41) is 0. The smallest absolute Gasteiger partial charge is 0.459 e. The second-order valence-corrected chi connectivity index (χ2v) is 4.06. The summed E-state index contributed by atoms with van der Waals surface area (Å²) in [5.74, 6) is 1.01. The zero-order valence-electron chi connectivity index (χ0n) is 11.4. The van der Waals surface area contributed by atoms with E-state index in [0.717, 1.165) is 5.92 Å². The second-order valence-electron chi connectivity index (χ2n) is 4.06. The summed E-state index contributed by atoms with van der Waals surface area (Å²) in [6.45, 7) is 8.71. The summed E-state index contributed by atoms with van der Waals surface area (Å²) in [7, 11) is 3.96. The Morgan fingerprint density at radius 3 is 2.13 bits per heavy atom. The molecular formula is C13H28KN.